The van der Waals surface area contributed by atoms with Gasteiger partial charge in [0.05, 0.1) is 0 Å². The van der Waals surface area contributed by atoms with E-state index in [9.17, 15) is 0 Å². The van der Waals surface area contributed by atoms with Crippen LogP contribution in [-0.4, -0.2) is 23.1 Å². The van der Waals surface area contributed by atoms with Gasteiger partial charge in [0.1, 0.15) is 0 Å². The third-order valence-electron chi connectivity index (χ3n) is 3.08. The van der Waals surface area contributed by atoms with Gasteiger partial charge in [-0.2, -0.15) is 0 Å². The summed E-state index contributed by atoms with van der Waals surface area (Å²) in [5.74, 6) is 0.630. The highest BCUT2D eigenvalue weighted by Gasteiger charge is 2.17. The summed E-state index contributed by atoms with van der Waals surface area (Å²) in [4.78, 5) is 2.26. The summed E-state index contributed by atoms with van der Waals surface area (Å²) in [6, 6.07) is 8.64. The van der Waals surface area contributed by atoms with E-state index in [0.717, 1.165) is 31.2 Å². The van der Waals surface area contributed by atoms with E-state index in [0.29, 0.717) is 5.92 Å². The number of rotatable bonds is 2. The highest BCUT2D eigenvalue weighted by Crippen LogP contribution is 2.18. The first-order chi connectivity index (χ1) is 8.16. The second kappa shape index (κ2) is 5.50. The lowest BCUT2D eigenvalue weighted by Crippen LogP contribution is -2.43. The van der Waals surface area contributed by atoms with Gasteiger partial charge in [-0.15, -0.1) is 0 Å². The number of hydrogen-bond donors (Lipinski definition) is 1. The molecule has 0 spiro atoms. The molecule has 17 heavy (non-hydrogen) atoms. The zero-order valence-electron chi connectivity index (χ0n) is 10.6. The van der Waals surface area contributed by atoms with Gasteiger partial charge in [-0.25, -0.2) is 0 Å². The molecule has 1 N–H and O–H groups in total. The summed E-state index contributed by atoms with van der Waals surface area (Å²) in [5, 5.41) is 4.24. The molecule has 1 aromatic carbocycles. The van der Waals surface area contributed by atoms with Crippen LogP contribution in [0.2, 0.25) is 0 Å². The first-order valence-corrected chi connectivity index (χ1v) is 6.67. The van der Waals surface area contributed by atoms with Crippen molar-refractivity contribution < 1.29 is 0 Å². The average Bonchev–Trinajstić information content (AvgIpc) is 2.35. The topological polar surface area (TPSA) is 15.3 Å². The Hall–Kier alpha value is -1.09. The van der Waals surface area contributed by atoms with Gasteiger partial charge in [-0.3, -0.25) is 0 Å². The van der Waals surface area contributed by atoms with Crippen molar-refractivity contribution in [2.24, 2.45) is 5.92 Å². The predicted molar refractivity (Wildman–Crippen MR) is 76.0 cm³/mol. The fourth-order valence-corrected chi connectivity index (χ4v) is 2.31. The van der Waals surface area contributed by atoms with Gasteiger partial charge in [0.15, 0.2) is 5.11 Å². The van der Waals surface area contributed by atoms with Crippen molar-refractivity contribution >= 4 is 17.3 Å². The maximum absolute atomic E-state index is 5.44. The van der Waals surface area contributed by atoms with Gasteiger partial charge in [0.2, 0.25) is 0 Å². The number of thiocarbonyl (C=S) groups is 1. The summed E-state index contributed by atoms with van der Waals surface area (Å²) in [6.07, 6.45) is 1.10. The van der Waals surface area contributed by atoms with E-state index in [1.54, 1.807) is 0 Å². The number of nitrogens with zero attached hydrogens (tertiary/aromatic N) is 1. The summed E-state index contributed by atoms with van der Waals surface area (Å²) in [7, 11) is 0. The van der Waals surface area contributed by atoms with Gasteiger partial charge >= 0.3 is 0 Å². The van der Waals surface area contributed by atoms with E-state index in [4.69, 9.17) is 12.2 Å². The van der Waals surface area contributed by atoms with Crippen LogP contribution in [0.4, 0.5) is 0 Å². The summed E-state index contributed by atoms with van der Waals surface area (Å²) in [6.45, 7) is 7.32. The number of nitrogens with one attached hydrogen (secondary N) is 1. The van der Waals surface area contributed by atoms with Crippen molar-refractivity contribution in [1.29, 1.82) is 0 Å². The standard InChI is InChI=1S/C14H20N2S/c1-11(2)9-15-14(17)16-8-7-12-5-3-4-6-13(12)10-16/h3-6,11H,7-10H2,1-2H3,(H,15,17). The molecule has 0 saturated carbocycles. The van der Waals surface area contributed by atoms with Crippen LogP contribution in [-0.2, 0) is 13.0 Å². The Bertz CT molecular complexity index is 401. The zero-order valence-corrected chi connectivity index (χ0v) is 11.4. The highest BCUT2D eigenvalue weighted by molar-refractivity contribution is 7.80. The van der Waals surface area contributed by atoms with Crippen LogP contribution in [0.5, 0.6) is 0 Å². The molecule has 0 radical (unpaired) electrons. The minimum atomic E-state index is 0.630. The van der Waals surface area contributed by atoms with Crippen molar-refractivity contribution in [2.75, 3.05) is 13.1 Å². The summed E-state index contributed by atoms with van der Waals surface area (Å²) < 4.78 is 0. The third-order valence-corrected chi connectivity index (χ3v) is 3.48. The molecule has 0 aliphatic carbocycles. The highest BCUT2D eigenvalue weighted by atomic mass is 32.1. The Labute approximate surface area is 109 Å². The first kappa shape index (κ1) is 12.4. The summed E-state index contributed by atoms with van der Waals surface area (Å²) in [5.41, 5.74) is 2.88. The molecule has 0 saturated heterocycles. The van der Waals surface area contributed by atoms with E-state index < -0.39 is 0 Å². The van der Waals surface area contributed by atoms with Crippen molar-refractivity contribution in [2.45, 2.75) is 26.8 Å². The Morgan fingerprint density at radius 1 is 1.35 bits per heavy atom. The molecule has 0 amide bonds. The van der Waals surface area contributed by atoms with Crippen LogP contribution >= 0.6 is 12.2 Å². The van der Waals surface area contributed by atoms with Crippen LogP contribution < -0.4 is 5.32 Å². The minimum absolute atomic E-state index is 0.630. The Morgan fingerprint density at radius 3 is 2.76 bits per heavy atom. The molecular formula is C14H20N2S. The monoisotopic (exact) mass is 248 g/mol. The summed E-state index contributed by atoms with van der Waals surface area (Å²) >= 11 is 5.44. The molecule has 2 nitrogen and oxygen atoms in total. The second-order valence-corrected chi connectivity index (χ2v) is 5.41. The van der Waals surface area contributed by atoms with Crippen LogP contribution in [0.15, 0.2) is 24.3 Å². The van der Waals surface area contributed by atoms with Gasteiger partial charge in [0.25, 0.3) is 0 Å². The molecule has 1 aliphatic heterocycles. The van der Waals surface area contributed by atoms with E-state index in [1.165, 1.54) is 11.1 Å². The minimum Gasteiger partial charge on any atom is -0.362 e. The first-order valence-electron chi connectivity index (χ1n) is 6.26. The molecule has 0 bridgehead atoms. The molecule has 0 fully saturated rings. The number of hydrogen-bond acceptors (Lipinski definition) is 1. The van der Waals surface area contributed by atoms with Crippen LogP contribution in [0.1, 0.15) is 25.0 Å². The second-order valence-electron chi connectivity index (χ2n) is 5.02. The van der Waals surface area contributed by atoms with E-state index in [2.05, 4.69) is 48.3 Å². The van der Waals surface area contributed by atoms with Gasteiger partial charge in [-0.05, 0) is 35.7 Å². The predicted octanol–water partition coefficient (Wildman–Crippen LogP) is 2.58. The third kappa shape index (κ3) is 3.19. The van der Waals surface area contributed by atoms with Crippen molar-refractivity contribution in [3.05, 3.63) is 35.4 Å². The Balaban J connectivity index is 1.95. The van der Waals surface area contributed by atoms with Crippen molar-refractivity contribution in [3.8, 4) is 0 Å². The van der Waals surface area contributed by atoms with Crippen LogP contribution in [0, 0.1) is 5.92 Å². The van der Waals surface area contributed by atoms with Gasteiger partial charge < -0.3 is 10.2 Å². The average molecular weight is 248 g/mol. The largest absolute Gasteiger partial charge is 0.362 e. The lowest BCUT2D eigenvalue weighted by atomic mass is 10.0. The van der Waals surface area contributed by atoms with Crippen molar-refractivity contribution in [3.63, 3.8) is 0 Å². The Kier molecular flexibility index (Phi) is 4.00. The molecule has 1 aromatic rings. The molecule has 0 atom stereocenters. The maximum Gasteiger partial charge on any atom is 0.169 e. The van der Waals surface area contributed by atoms with E-state index in [-0.39, 0.29) is 0 Å². The zero-order chi connectivity index (χ0) is 12.3. The lowest BCUT2D eigenvalue weighted by molar-refractivity contribution is 0.384. The lowest BCUT2D eigenvalue weighted by Gasteiger charge is -2.31. The molecule has 0 unspecified atom stereocenters. The van der Waals surface area contributed by atoms with Gasteiger partial charge in [-0.1, -0.05) is 38.1 Å². The molecule has 2 rings (SSSR count). The quantitative estimate of drug-likeness (QED) is 0.810. The smallest absolute Gasteiger partial charge is 0.169 e. The van der Waals surface area contributed by atoms with E-state index in [1.807, 2.05) is 0 Å². The van der Waals surface area contributed by atoms with Crippen molar-refractivity contribution in [1.82, 2.24) is 10.2 Å². The SMILES string of the molecule is CC(C)CNC(=S)N1CCc2ccccc2C1. The fourth-order valence-electron chi connectivity index (χ4n) is 2.07. The molecule has 0 aromatic heterocycles. The fraction of sp³-hybridized carbons (Fsp3) is 0.500. The maximum atomic E-state index is 5.44. The molecule has 1 aliphatic rings. The Morgan fingerprint density at radius 2 is 2.06 bits per heavy atom. The number of fused-ring (bicyclic) bond motifs is 1. The molecule has 3 heteroatoms. The molecule has 1 heterocycles. The van der Waals surface area contributed by atoms with Crippen LogP contribution in [0.25, 0.3) is 0 Å². The number of benzene rings is 1. The van der Waals surface area contributed by atoms with E-state index >= 15 is 0 Å². The molecule has 92 valence electrons. The molecular weight excluding hydrogens is 228 g/mol. The van der Waals surface area contributed by atoms with Gasteiger partial charge in [0, 0.05) is 19.6 Å². The van der Waals surface area contributed by atoms with Crippen LogP contribution in [0.3, 0.4) is 0 Å². The normalized spacial score (nSPS) is 14.6.